The largest absolute Gasteiger partial charge is 0.0588 e. The van der Waals surface area contributed by atoms with Crippen LogP contribution in [0.15, 0.2) is 18.2 Å². The van der Waals surface area contributed by atoms with E-state index < -0.39 is 0 Å². The summed E-state index contributed by atoms with van der Waals surface area (Å²) < 4.78 is 0. The molecule has 0 aliphatic heterocycles. The molecule has 0 nitrogen and oxygen atoms in total. The highest BCUT2D eigenvalue weighted by Gasteiger charge is 1.99. The summed E-state index contributed by atoms with van der Waals surface area (Å²) in [6.45, 7) is 8.77. The van der Waals surface area contributed by atoms with Crippen molar-refractivity contribution in [3.8, 4) is 0 Å². The lowest BCUT2D eigenvalue weighted by Gasteiger charge is -2.07. The van der Waals surface area contributed by atoms with Crippen LogP contribution in [-0.2, 0) is 0 Å². The highest BCUT2D eigenvalue weighted by molar-refractivity contribution is 15.0. The van der Waals surface area contributed by atoms with Gasteiger partial charge in [0, 0.05) is 37.2 Å². The Bertz CT molecular complexity index is 254. The molecular weight excluding hydrogens is 386 g/mol. The summed E-state index contributed by atoms with van der Waals surface area (Å²) in [5.41, 5.74) is 4.22. The summed E-state index contributed by atoms with van der Waals surface area (Å²) in [6.07, 6.45) is 0. The Labute approximate surface area is 105 Å². The molecule has 0 bridgehead atoms. The van der Waals surface area contributed by atoms with E-state index in [0.29, 0.717) is 5.92 Å². The first kappa shape index (κ1) is 13.7. The van der Waals surface area contributed by atoms with Gasteiger partial charge in [-0.25, -0.2) is 0 Å². The van der Waals surface area contributed by atoms with Gasteiger partial charge in [0.25, 0.3) is 0 Å². The summed E-state index contributed by atoms with van der Waals surface area (Å²) in [6, 6.07) is 6.69. The van der Waals surface area contributed by atoms with E-state index in [1.807, 2.05) is 0 Å². The molecule has 0 atom stereocenters. The Morgan fingerprint density at radius 3 is 1.92 bits per heavy atom. The second-order valence-electron chi connectivity index (χ2n) is 3.50. The molecule has 0 N–H and O–H groups in total. The molecule has 0 radical (unpaired) electrons. The highest BCUT2D eigenvalue weighted by atomic mass is 128. The lowest BCUT2D eigenvalue weighted by molar-refractivity contribution is 0.864. The molecular formula is C11H16I2. The molecule has 0 aliphatic rings. The summed E-state index contributed by atoms with van der Waals surface area (Å²) in [4.78, 5) is 0. The SMILES string of the molecule is Cc1ccc(C(C)C)cc1C.II. The van der Waals surface area contributed by atoms with Crippen LogP contribution >= 0.6 is 37.2 Å². The Kier molecular flexibility index (Phi) is 7.40. The normalized spacial score (nSPS) is 9.46. The van der Waals surface area contributed by atoms with Crippen molar-refractivity contribution >= 4 is 37.2 Å². The van der Waals surface area contributed by atoms with Crippen molar-refractivity contribution in [1.82, 2.24) is 0 Å². The molecule has 74 valence electrons. The van der Waals surface area contributed by atoms with Crippen molar-refractivity contribution in [2.24, 2.45) is 0 Å². The maximum Gasteiger partial charge on any atom is 0 e. The second kappa shape index (κ2) is 7.04. The Hall–Kier alpha value is 0.680. The van der Waals surface area contributed by atoms with Gasteiger partial charge < -0.3 is 0 Å². The molecule has 1 aromatic carbocycles. The van der Waals surface area contributed by atoms with Crippen LogP contribution in [0.4, 0.5) is 0 Å². The maximum atomic E-state index is 2.28. The van der Waals surface area contributed by atoms with Crippen LogP contribution in [-0.4, -0.2) is 0 Å². The lowest BCUT2D eigenvalue weighted by atomic mass is 9.99. The van der Waals surface area contributed by atoms with Crippen LogP contribution < -0.4 is 0 Å². The van der Waals surface area contributed by atoms with Gasteiger partial charge in [-0.15, -0.1) is 0 Å². The summed E-state index contributed by atoms with van der Waals surface area (Å²) in [5, 5.41) is 0. The Balaban J connectivity index is 0.000000671. The minimum atomic E-state index is 0.647. The van der Waals surface area contributed by atoms with Gasteiger partial charge in [-0.1, -0.05) is 32.0 Å². The molecule has 1 rings (SSSR count). The molecule has 1 aromatic rings. The minimum absolute atomic E-state index is 0.647. The second-order valence-corrected chi connectivity index (χ2v) is 3.50. The third-order valence-electron chi connectivity index (χ3n) is 2.20. The van der Waals surface area contributed by atoms with Gasteiger partial charge in [-0.05, 0) is 36.5 Å². The van der Waals surface area contributed by atoms with Gasteiger partial charge in [0.1, 0.15) is 0 Å². The number of hydrogen-bond acceptors (Lipinski definition) is 0. The zero-order valence-electron chi connectivity index (χ0n) is 8.57. The van der Waals surface area contributed by atoms with E-state index >= 15 is 0 Å². The van der Waals surface area contributed by atoms with E-state index in [-0.39, 0.29) is 0 Å². The van der Waals surface area contributed by atoms with Crippen molar-refractivity contribution in [2.45, 2.75) is 33.6 Å². The fourth-order valence-electron chi connectivity index (χ4n) is 1.12. The predicted octanol–water partition coefficient (Wildman–Crippen LogP) is 5.20. The van der Waals surface area contributed by atoms with Gasteiger partial charge in [0.15, 0.2) is 0 Å². The van der Waals surface area contributed by atoms with Gasteiger partial charge in [-0.2, -0.15) is 0 Å². The average molecular weight is 402 g/mol. The zero-order valence-corrected chi connectivity index (χ0v) is 12.9. The van der Waals surface area contributed by atoms with Crippen LogP contribution in [0.1, 0.15) is 36.5 Å². The van der Waals surface area contributed by atoms with Crippen molar-refractivity contribution in [3.05, 3.63) is 34.9 Å². The lowest BCUT2D eigenvalue weighted by Crippen LogP contribution is -1.89. The Morgan fingerprint density at radius 1 is 1.00 bits per heavy atom. The Morgan fingerprint density at radius 2 is 1.54 bits per heavy atom. The van der Waals surface area contributed by atoms with Crippen molar-refractivity contribution in [3.63, 3.8) is 0 Å². The fourth-order valence-corrected chi connectivity index (χ4v) is 1.12. The average Bonchev–Trinajstić information content (AvgIpc) is 2.13. The smallest absolute Gasteiger partial charge is 0 e. The third kappa shape index (κ3) is 4.63. The first-order chi connectivity index (χ1) is 6.11. The number of halogens is 2. The van der Waals surface area contributed by atoms with Gasteiger partial charge in [-0.3, -0.25) is 0 Å². The first-order valence-corrected chi connectivity index (χ1v) is 10.6. The van der Waals surface area contributed by atoms with Crippen molar-refractivity contribution in [1.29, 1.82) is 0 Å². The predicted molar refractivity (Wildman–Crippen MR) is 78.0 cm³/mol. The monoisotopic (exact) mass is 402 g/mol. The van der Waals surface area contributed by atoms with Crippen LogP contribution in [0.25, 0.3) is 0 Å². The molecule has 0 fully saturated rings. The van der Waals surface area contributed by atoms with E-state index in [4.69, 9.17) is 0 Å². The van der Waals surface area contributed by atoms with Crippen molar-refractivity contribution in [2.75, 3.05) is 0 Å². The van der Waals surface area contributed by atoms with Crippen LogP contribution in [0, 0.1) is 13.8 Å². The molecule has 0 unspecified atom stereocenters. The molecule has 0 amide bonds. The number of hydrogen-bond donors (Lipinski definition) is 0. The van der Waals surface area contributed by atoms with Gasteiger partial charge in [0.05, 0.1) is 0 Å². The molecule has 0 spiro atoms. The van der Waals surface area contributed by atoms with E-state index in [9.17, 15) is 0 Å². The van der Waals surface area contributed by atoms with E-state index in [1.165, 1.54) is 16.7 Å². The van der Waals surface area contributed by atoms with Gasteiger partial charge >= 0.3 is 0 Å². The quantitative estimate of drug-likeness (QED) is 0.567. The molecule has 0 aliphatic carbocycles. The maximum absolute atomic E-state index is 2.28. The first-order valence-electron chi connectivity index (χ1n) is 4.32. The molecule has 0 saturated carbocycles. The molecule has 0 saturated heterocycles. The topological polar surface area (TPSA) is 0 Å². The molecule has 0 aromatic heterocycles. The third-order valence-corrected chi connectivity index (χ3v) is 2.20. The molecule has 0 heterocycles. The van der Waals surface area contributed by atoms with Crippen LogP contribution in [0.3, 0.4) is 0 Å². The molecule has 13 heavy (non-hydrogen) atoms. The number of rotatable bonds is 1. The minimum Gasteiger partial charge on any atom is -0.0588 e. The summed E-state index contributed by atoms with van der Waals surface area (Å²) in [5.74, 6) is 0.647. The van der Waals surface area contributed by atoms with Crippen molar-refractivity contribution < 1.29 is 0 Å². The standard InChI is InChI=1S/C11H16.I2/c1-8(2)11-6-5-9(3)10(4)7-11;1-2/h5-8H,1-4H3;. The highest BCUT2D eigenvalue weighted by Crippen LogP contribution is 2.17. The zero-order chi connectivity index (χ0) is 10.4. The van der Waals surface area contributed by atoms with E-state index in [0.717, 1.165) is 0 Å². The van der Waals surface area contributed by atoms with Gasteiger partial charge in [0.2, 0.25) is 0 Å². The van der Waals surface area contributed by atoms with Crippen LogP contribution in [0.5, 0.6) is 0 Å². The summed E-state index contributed by atoms with van der Waals surface area (Å²) in [7, 11) is 0. The molecule has 2 heteroatoms. The number of benzene rings is 1. The van der Waals surface area contributed by atoms with Crippen LogP contribution in [0.2, 0.25) is 0 Å². The van der Waals surface area contributed by atoms with E-state index in [2.05, 4.69) is 83.1 Å². The number of aryl methyl sites for hydroxylation is 2. The van der Waals surface area contributed by atoms with E-state index in [1.54, 1.807) is 0 Å². The summed E-state index contributed by atoms with van der Waals surface area (Å²) >= 11 is 4.24. The fraction of sp³-hybridized carbons (Fsp3) is 0.455.